The molecule has 0 unspecified atom stereocenters. The molecule has 1 N–H and O–H groups in total. The minimum Gasteiger partial charge on any atom is -0.493 e. The van der Waals surface area contributed by atoms with Gasteiger partial charge >= 0.3 is 6.18 Å². The molecule has 11 heteroatoms. The first-order valence-corrected chi connectivity index (χ1v) is 12.8. The molecule has 1 fully saturated rings. The summed E-state index contributed by atoms with van der Waals surface area (Å²) in [5, 5.41) is 3.12. The first kappa shape index (κ1) is 29.7. The number of methoxy groups -OCH3 is 1. The van der Waals surface area contributed by atoms with Crippen molar-refractivity contribution < 1.29 is 36.2 Å². The van der Waals surface area contributed by atoms with Crippen molar-refractivity contribution in [2.45, 2.75) is 64.1 Å². The van der Waals surface area contributed by atoms with Gasteiger partial charge in [-0.15, -0.1) is 0 Å². The van der Waals surface area contributed by atoms with E-state index in [4.69, 9.17) is 14.2 Å². The third-order valence-electron chi connectivity index (χ3n) is 7.77. The van der Waals surface area contributed by atoms with Crippen molar-refractivity contribution in [3.05, 3.63) is 82.3 Å². The third-order valence-corrected chi connectivity index (χ3v) is 7.77. The molecule has 40 heavy (non-hydrogen) atoms. The lowest BCUT2D eigenvalue weighted by atomic mass is 9.77. The lowest BCUT2D eigenvalue weighted by Gasteiger charge is -2.32. The Hall–Kier alpha value is -3.31. The number of ether oxygens (including phenoxy) is 3. The molecule has 5 atom stereocenters. The van der Waals surface area contributed by atoms with Crippen molar-refractivity contribution >= 4 is 0 Å². The lowest BCUT2D eigenvalue weighted by Crippen LogP contribution is -2.46. The molecular formula is C29H32F5N3O3. The molecule has 1 aliphatic heterocycles. The molecule has 4 rings (SSSR count). The first-order chi connectivity index (χ1) is 18.8. The topological polar surface area (TPSA) is 65.5 Å². The van der Waals surface area contributed by atoms with E-state index in [2.05, 4.69) is 15.3 Å². The highest BCUT2D eigenvalue weighted by Gasteiger charge is 2.65. The standard InChI is InChI=1S/C29H32F5N3O3/c1-15-21(19-12-13-20(30)23(31)24(19)38-6)25(40-28(15,4)29(32,33)34)26-36-17(3)22(16(2)35-5)27(37-26)39-14-18-10-8-7-9-11-18/h7-13,15-16,21,25,35H,14H2,1-6H3/t15-,16-,21-,25+,28+/m0/s1. The van der Waals surface area contributed by atoms with Crippen LogP contribution in [0, 0.1) is 24.5 Å². The Morgan fingerprint density at radius 3 is 2.38 bits per heavy atom. The van der Waals surface area contributed by atoms with Gasteiger partial charge in [-0.1, -0.05) is 43.3 Å². The molecule has 2 aromatic carbocycles. The van der Waals surface area contributed by atoms with Crippen molar-refractivity contribution in [2.24, 2.45) is 5.92 Å². The number of hydrogen-bond acceptors (Lipinski definition) is 6. The van der Waals surface area contributed by atoms with Crippen LogP contribution >= 0.6 is 0 Å². The monoisotopic (exact) mass is 565 g/mol. The smallest absolute Gasteiger partial charge is 0.417 e. The van der Waals surface area contributed by atoms with Gasteiger partial charge < -0.3 is 19.5 Å². The number of aryl methyl sites for hydroxylation is 1. The lowest BCUT2D eigenvalue weighted by molar-refractivity contribution is -0.275. The fraction of sp³-hybridized carbons (Fsp3) is 0.448. The van der Waals surface area contributed by atoms with Gasteiger partial charge in [0.05, 0.1) is 12.7 Å². The highest BCUT2D eigenvalue weighted by molar-refractivity contribution is 5.42. The number of nitrogens with one attached hydrogen (secondary N) is 1. The van der Waals surface area contributed by atoms with E-state index in [1.165, 1.54) is 13.0 Å². The number of hydrogen-bond donors (Lipinski definition) is 1. The van der Waals surface area contributed by atoms with Crippen LogP contribution in [0.25, 0.3) is 0 Å². The Bertz CT molecular complexity index is 1350. The van der Waals surface area contributed by atoms with Gasteiger partial charge in [-0.25, -0.2) is 9.37 Å². The predicted molar refractivity (Wildman–Crippen MR) is 138 cm³/mol. The summed E-state index contributed by atoms with van der Waals surface area (Å²) in [4.78, 5) is 9.14. The fourth-order valence-corrected chi connectivity index (χ4v) is 5.22. The number of benzene rings is 2. The van der Waals surface area contributed by atoms with Crippen molar-refractivity contribution in [1.82, 2.24) is 15.3 Å². The maximum atomic E-state index is 14.7. The molecule has 0 aliphatic carbocycles. The number of nitrogens with zero attached hydrogens (tertiary/aromatic N) is 2. The van der Waals surface area contributed by atoms with Crippen molar-refractivity contribution in [2.75, 3.05) is 14.2 Å². The van der Waals surface area contributed by atoms with Crippen molar-refractivity contribution in [1.29, 1.82) is 0 Å². The van der Waals surface area contributed by atoms with E-state index in [0.29, 0.717) is 11.3 Å². The highest BCUT2D eigenvalue weighted by atomic mass is 19.4. The SMILES string of the molecule is CN[C@@H](C)c1c(C)nc([C@@H]2O[C@@](C)(C(F)(F)F)[C@@H](C)[C@H]2c2ccc(F)c(F)c2OC)nc1OCc1ccccc1. The van der Waals surface area contributed by atoms with Crippen LogP contribution < -0.4 is 14.8 Å². The third kappa shape index (κ3) is 5.24. The van der Waals surface area contributed by atoms with Crippen LogP contribution in [0.2, 0.25) is 0 Å². The van der Waals surface area contributed by atoms with Crippen LogP contribution in [0.15, 0.2) is 42.5 Å². The van der Waals surface area contributed by atoms with E-state index >= 15 is 0 Å². The molecule has 1 saturated heterocycles. The quantitative estimate of drug-likeness (QED) is 0.305. The second-order valence-electron chi connectivity index (χ2n) is 10.1. The molecular weight excluding hydrogens is 533 g/mol. The number of halogens is 5. The van der Waals surface area contributed by atoms with Crippen LogP contribution in [0.4, 0.5) is 22.0 Å². The Kier molecular flexibility index (Phi) is 8.37. The maximum Gasteiger partial charge on any atom is 0.417 e. The Labute approximate surface area is 229 Å². The summed E-state index contributed by atoms with van der Waals surface area (Å²) in [6.07, 6.45) is -6.16. The molecule has 0 amide bonds. The van der Waals surface area contributed by atoms with Crippen LogP contribution in [0.3, 0.4) is 0 Å². The zero-order valence-electron chi connectivity index (χ0n) is 23.1. The number of alkyl halides is 3. The Balaban J connectivity index is 1.88. The molecule has 1 aliphatic rings. The van der Waals surface area contributed by atoms with Crippen LogP contribution in [0.1, 0.15) is 67.0 Å². The molecule has 2 heterocycles. The minimum absolute atomic E-state index is 0.0209. The minimum atomic E-state index is -4.78. The van der Waals surface area contributed by atoms with E-state index in [-0.39, 0.29) is 29.9 Å². The summed E-state index contributed by atoms with van der Waals surface area (Å²) in [7, 11) is 2.88. The number of rotatable bonds is 8. The molecule has 0 saturated carbocycles. The van der Waals surface area contributed by atoms with Gasteiger partial charge in [-0.05, 0) is 39.4 Å². The number of aromatic nitrogens is 2. The van der Waals surface area contributed by atoms with Crippen LogP contribution in [-0.2, 0) is 11.3 Å². The summed E-state index contributed by atoms with van der Waals surface area (Å²) < 4.78 is 89.0. The summed E-state index contributed by atoms with van der Waals surface area (Å²) in [6, 6.07) is 11.2. The zero-order valence-corrected chi connectivity index (χ0v) is 23.1. The van der Waals surface area contributed by atoms with Gasteiger partial charge in [0.1, 0.15) is 12.7 Å². The Morgan fingerprint density at radius 2 is 1.77 bits per heavy atom. The average Bonchev–Trinajstić information content (AvgIpc) is 3.20. The first-order valence-electron chi connectivity index (χ1n) is 12.8. The van der Waals surface area contributed by atoms with E-state index < -0.39 is 47.1 Å². The van der Waals surface area contributed by atoms with E-state index in [0.717, 1.165) is 25.7 Å². The molecule has 6 nitrogen and oxygen atoms in total. The zero-order chi connectivity index (χ0) is 29.4. The van der Waals surface area contributed by atoms with Gasteiger partial charge in [-0.2, -0.15) is 22.5 Å². The van der Waals surface area contributed by atoms with E-state index in [9.17, 15) is 22.0 Å². The van der Waals surface area contributed by atoms with Gasteiger partial charge in [0.2, 0.25) is 11.7 Å². The molecule has 0 bridgehead atoms. The van der Waals surface area contributed by atoms with E-state index in [1.54, 1.807) is 14.0 Å². The second kappa shape index (κ2) is 11.3. The van der Waals surface area contributed by atoms with Crippen molar-refractivity contribution in [3.8, 4) is 11.6 Å². The van der Waals surface area contributed by atoms with Gasteiger partial charge in [-0.3, -0.25) is 0 Å². The van der Waals surface area contributed by atoms with Gasteiger partial charge in [0.25, 0.3) is 0 Å². The molecule has 0 radical (unpaired) electrons. The molecule has 216 valence electrons. The van der Waals surface area contributed by atoms with Gasteiger partial charge in [0, 0.05) is 29.1 Å². The second-order valence-corrected chi connectivity index (χ2v) is 10.1. The summed E-state index contributed by atoms with van der Waals surface area (Å²) in [5.74, 6) is -5.24. The van der Waals surface area contributed by atoms with Crippen LogP contribution in [-0.4, -0.2) is 35.9 Å². The molecule has 1 aromatic heterocycles. The summed E-state index contributed by atoms with van der Waals surface area (Å²) >= 11 is 0. The highest BCUT2D eigenvalue weighted by Crippen LogP contribution is 2.59. The van der Waals surface area contributed by atoms with Gasteiger partial charge in [0.15, 0.2) is 23.0 Å². The normalized spacial score (nSPS) is 23.7. The summed E-state index contributed by atoms with van der Waals surface area (Å²) in [5.41, 5.74) is -0.649. The predicted octanol–water partition coefficient (Wildman–Crippen LogP) is 6.74. The largest absolute Gasteiger partial charge is 0.493 e. The fourth-order valence-electron chi connectivity index (χ4n) is 5.22. The average molecular weight is 566 g/mol. The maximum absolute atomic E-state index is 14.7. The van der Waals surface area contributed by atoms with Crippen LogP contribution in [0.5, 0.6) is 11.6 Å². The summed E-state index contributed by atoms with van der Waals surface area (Å²) in [6.45, 7) is 6.04. The Morgan fingerprint density at radius 1 is 1.10 bits per heavy atom. The van der Waals surface area contributed by atoms with E-state index in [1.807, 2.05) is 37.3 Å². The van der Waals surface area contributed by atoms with Crippen molar-refractivity contribution in [3.63, 3.8) is 0 Å². The molecule has 3 aromatic rings. The molecule has 0 spiro atoms.